The van der Waals surface area contributed by atoms with Crippen LogP contribution in [-0.2, 0) is 19.8 Å². The lowest BCUT2D eigenvalue weighted by Crippen LogP contribution is -2.12. The molecule has 104 valence electrons. The molecule has 9 heteroatoms. The quantitative estimate of drug-likeness (QED) is 0.927. The average Bonchev–Trinajstić information content (AvgIpc) is 2.80. The van der Waals surface area contributed by atoms with E-state index in [2.05, 4.69) is 20.4 Å². The van der Waals surface area contributed by atoms with E-state index in [1.807, 2.05) is 0 Å². The molecule has 0 saturated carbocycles. The van der Waals surface area contributed by atoms with Crippen LogP contribution in [0.3, 0.4) is 0 Å². The number of hydrogen-bond donors (Lipinski definition) is 1. The van der Waals surface area contributed by atoms with Crippen molar-refractivity contribution in [3.05, 3.63) is 35.5 Å². The summed E-state index contributed by atoms with van der Waals surface area (Å²) in [7, 11) is 1.67. The van der Waals surface area contributed by atoms with Gasteiger partial charge < -0.3 is 5.32 Å². The Labute approximate surface area is 111 Å². The first-order valence-corrected chi connectivity index (χ1v) is 5.47. The van der Waals surface area contributed by atoms with Crippen LogP contribution in [-0.4, -0.2) is 19.7 Å². The summed E-state index contributed by atoms with van der Waals surface area (Å²) >= 11 is 0. The second kappa shape index (κ2) is 5.16. The number of rotatable bonds is 3. The number of anilines is 1. The number of halogens is 3. The molecule has 1 N–H and O–H groups in total. The molecule has 0 aliphatic rings. The van der Waals surface area contributed by atoms with Gasteiger partial charge in [0.2, 0.25) is 0 Å². The van der Waals surface area contributed by atoms with E-state index < -0.39 is 11.9 Å². The molecule has 0 fully saturated rings. The molecule has 0 amide bonds. The van der Waals surface area contributed by atoms with E-state index in [1.165, 1.54) is 11.0 Å². The molecule has 2 heterocycles. The molecule has 0 radical (unpaired) electrons. The lowest BCUT2D eigenvalue weighted by atomic mass is 10.2. The lowest BCUT2D eigenvalue weighted by Gasteiger charge is -2.10. The zero-order chi connectivity index (χ0) is 14.8. The van der Waals surface area contributed by atoms with Crippen LogP contribution in [0.2, 0.25) is 0 Å². The molecule has 0 saturated heterocycles. The first-order chi connectivity index (χ1) is 9.40. The van der Waals surface area contributed by atoms with Crippen molar-refractivity contribution in [3.63, 3.8) is 0 Å². The van der Waals surface area contributed by atoms with Gasteiger partial charge in [0, 0.05) is 7.05 Å². The summed E-state index contributed by atoms with van der Waals surface area (Å²) < 4.78 is 39.2. The van der Waals surface area contributed by atoms with Crippen molar-refractivity contribution in [1.29, 1.82) is 5.26 Å². The third kappa shape index (κ3) is 3.03. The minimum atomic E-state index is -4.56. The lowest BCUT2D eigenvalue weighted by molar-refractivity contribution is -0.141. The van der Waals surface area contributed by atoms with E-state index in [-0.39, 0.29) is 17.9 Å². The third-order valence-corrected chi connectivity index (χ3v) is 2.37. The second-order valence-electron chi connectivity index (χ2n) is 3.89. The van der Waals surface area contributed by atoms with Gasteiger partial charge in [-0.05, 0) is 12.1 Å². The second-order valence-corrected chi connectivity index (χ2v) is 3.89. The van der Waals surface area contributed by atoms with Crippen molar-refractivity contribution in [2.45, 2.75) is 12.7 Å². The molecule has 6 nitrogen and oxygen atoms in total. The summed E-state index contributed by atoms with van der Waals surface area (Å²) in [4.78, 5) is 7.33. The van der Waals surface area contributed by atoms with Gasteiger partial charge in [-0.25, -0.2) is 9.97 Å². The van der Waals surface area contributed by atoms with Crippen molar-refractivity contribution < 1.29 is 13.2 Å². The molecule has 0 atom stereocenters. The molecule has 0 aliphatic heterocycles. The van der Waals surface area contributed by atoms with Crippen molar-refractivity contribution in [2.24, 2.45) is 7.05 Å². The summed E-state index contributed by atoms with van der Waals surface area (Å²) in [6, 6.07) is 3.62. The number of alkyl halides is 3. The molecule has 0 aliphatic carbocycles. The smallest absolute Gasteiger partial charge is 0.362 e. The molecule has 2 aromatic rings. The minimum absolute atomic E-state index is 0.0222. The molecule has 0 unspecified atom stereocenters. The van der Waals surface area contributed by atoms with Gasteiger partial charge >= 0.3 is 6.18 Å². The van der Waals surface area contributed by atoms with Gasteiger partial charge in [0.15, 0.2) is 5.82 Å². The number of nitrogens with one attached hydrogen (secondary N) is 1. The summed E-state index contributed by atoms with van der Waals surface area (Å²) in [5.41, 5.74) is -1.04. The van der Waals surface area contributed by atoms with Gasteiger partial charge in [0.25, 0.3) is 0 Å². The zero-order valence-electron chi connectivity index (χ0n) is 10.3. The van der Waals surface area contributed by atoms with Gasteiger partial charge in [-0.2, -0.15) is 23.5 Å². The fourth-order valence-corrected chi connectivity index (χ4v) is 1.47. The number of hydrogen-bond acceptors (Lipinski definition) is 5. The van der Waals surface area contributed by atoms with E-state index in [0.717, 1.165) is 12.1 Å². The molecular formula is C11H9F3N6. The van der Waals surface area contributed by atoms with Crippen molar-refractivity contribution in [3.8, 4) is 6.07 Å². The molecule has 2 aromatic heterocycles. The summed E-state index contributed by atoms with van der Waals surface area (Å²) in [6.07, 6.45) is -3.10. The van der Waals surface area contributed by atoms with Crippen LogP contribution in [0.1, 0.15) is 17.1 Å². The number of nitrogens with zero attached hydrogens (tertiary/aromatic N) is 5. The first-order valence-electron chi connectivity index (χ1n) is 5.47. The highest BCUT2D eigenvalue weighted by Crippen LogP contribution is 2.29. The number of pyridine rings is 1. The van der Waals surface area contributed by atoms with Crippen LogP contribution in [0.25, 0.3) is 0 Å². The van der Waals surface area contributed by atoms with E-state index in [1.54, 1.807) is 13.1 Å². The number of aromatic nitrogens is 4. The fraction of sp³-hybridized carbons (Fsp3) is 0.273. The van der Waals surface area contributed by atoms with Crippen LogP contribution in [0.4, 0.5) is 19.0 Å². The van der Waals surface area contributed by atoms with Gasteiger partial charge in [-0.1, -0.05) is 0 Å². The zero-order valence-corrected chi connectivity index (χ0v) is 10.3. The van der Waals surface area contributed by atoms with Crippen molar-refractivity contribution in [2.75, 3.05) is 5.32 Å². The van der Waals surface area contributed by atoms with Crippen LogP contribution in [0.15, 0.2) is 18.5 Å². The Hall–Kier alpha value is -2.63. The van der Waals surface area contributed by atoms with E-state index in [4.69, 9.17) is 5.26 Å². The average molecular weight is 282 g/mol. The SMILES string of the molecule is Cn1cnc(CNc2nc(C(F)(F)F)ccc2C#N)n1. The first kappa shape index (κ1) is 13.8. The Morgan fingerprint density at radius 1 is 1.40 bits per heavy atom. The molecule has 0 aromatic carbocycles. The fourth-order valence-electron chi connectivity index (χ4n) is 1.47. The molecule has 20 heavy (non-hydrogen) atoms. The van der Waals surface area contributed by atoms with E-state index >= 15 is 0 Å². The van der Waals surface area contributed by atoms with Gasteiger partial charge in [0.1, 0.15) is 23.9 Å². The number of aryl methyl sites for hydroxylation is 1. The Balaban J connectivity index is 2.23. The summed E-state index contributed by atoms with van der Waals surface area (Å²) in [5, 5.41) is 15.5. The molecule has 0 bridgehead atoms. The standard InChI is InChI=1S/C11H9F3N6/c1-20-6-17-9(19-20)5-16-10-7(4-15)2-3-8(18-10)11(12,13)14/h2-3,6H,5H2,1H3,(H,16,18). The monoisotopic (exact) mass is 282 g/mol. The van der Waals surface area contributed by atoms with Gasteiger partial charge in [-0.15, -0.1) is 0 Å². The van der Waals surface area contributed by atoms with Crippen LogP contribution < -0.4 is 5.32 Å². The predicted octanol–water partition coefficient (Wildman–Crippen LogP) is 1.71. The van der Waals surface area contributed by atoms with Crippen molar-refractivity contribution in [1.82, 2.24) is 19.7 Å². The van der Waals surface area contributed by atoms with Crippen LogP contribution >= 0.6 is 0 Å². The maximum atomic E-state index is 12.6. The van der Waals surface area contributed by atoms with E-state index in [9.17, 15) is 13.2 Å². The highest BCUT2D eigenvalue weighted by molar-refractivity contribution is 5.52. The Morgan fingerprint density at radius 2 is 2.15 bits per heavy atom. The predicted molar refractivity (Wildman–Crippen MR) is 62.3 cm³/mol. The largest absolute Gasteiger partial charge is 0.433 e. The Kier molecular flexibility index (Phi) is 3.56. The van der Waals surface area contributed by atoms with Crippen molar-refractivity contribution >= 4 is 5.82 Å². The molecule has 0 spiro atoms. The van der Waals surface area contributed by atoms with E-state index in [0.29, 0.717) is 5.82 Å². The minimum Gasteiger partial charge on any atom is -0.362 e. The summed E-state index contributed by atoms with van der Waals surface area (Å²) in [6.45, 7) is 0.0732. The van der Waals surface area contributed by atoms with Crippen LogP contribution in [0.5, 0.6) is 0 Å². The Morgan fingerprint density at radius 3 is 2.70 bits per heavy atom. The topological polar surface area (TPSA) is 79.4 Å². The maximum Gasteiger partial charge on any atom is 0.433 e. The normalized spacial score (nSPS) is 11.2. The van der Waals surface area contributed by atoms with Gasteiger partial charge in [-0.3, -0.25) is 4.68 Å². The van der Waals surface area contributed by atoms with Gasteiger partial charge in [0.05, 0.1) is 12.1 Å². The highest BCUT2D eigenvalue weighted by Gasteiger charge is 2.33. The maximum absolute atomic E-state index is 12.6. The molecular weight excluding hydrogens is 273 g/mol. The highest BCUT2D eigenvalue weighted by atomic mass is 19.4. The number of nitriles is 1. The van der Waals surface area contributed by atoms with Crippen LogP contribution in [0, 0.1) is 11.3 Å². The Bertz CT molecular complexity index is 655. The summed E-state index contributed by atoms with van der Waals surface area (Å²) in [5.74, 6) is 0.241. The molecule has 2 rings (SSSR count). The third-order valence-electron chi connectivity index (χ3n) is 2.37.